The first kappa shape index (κ1) is 27.7. The molecule has 12 heteroatoms. The number of benzene rings is 1. The van der Waals surface area contributed by atoms with Gasteiger partial charge in [-0.3, -0.25) is 4.79 Å². The maximum atomic E-state index is 14.5. The molecule has 1 aromatic rings. The van der Waals surface area contributed by atoms with Gasteiger partial charge in [0.2, 0.25) is 15.9 Å². The third-order valence-corrected chi connectivity index (χ3v) is 10.9. The van der Waals surface area contributed by atoms with Crippen LogP contribution in [0.2, 0.25) is 0 Å². The van der Waals surface area contributed by atoms with Gasteiger partial charge in [0.25, 0.3) is 0 Å². The number of carbonyl (C=O) groups is 1. The lowest BCUT2D eigenvalue weighted by Crippen LogP contribution is -2.55. The van der Waals surface area contributed by atoms with Gasteiger partial charge in [-0.05, 0) is 83.3 Å². The fraction of sp³-hybridized carbons (Fsp3) is 0.708. The highest BCUT2D eigenvalue weighted by molar-refractivity contribution is 7.91. The van der Waals surface area contributed by atoms with Crippen LogP contribution in [0.25, 0.3) is 0 Å². The first-order chi connectivity index (χ1) is 16.8. The monoisotopic (exact) mass is 549 g/mol. The Morgan fingerprint density at radius 1 is 1.08 bits per heavy atom. The summed E-state index contributed by atoms with van der Waals surface area (Å²) in [6.07, 6.45) is 3.88. The van der Waals surface area contributed by atoms with Crippen LogP contribution in [0.4, 0.5) is 13.2 Å². The van der Waals surface area contributed by atoms with E-state index in [0.29, 0.717) is 31.7 Å². The van der Waals surface area contributed by atoms with E-state index in [4.69, 9.17) is 0 Å². The second-order valence-electron chi connectivity index (χ2n) is 11.2. The molecule has 0 aromatic heterocycles. The van der Waals surface area contributed by atoms with Gasteiger partial charge in [0.1, 0.15) is 10.6 Å². The van der Waals surface area contributed by atoms with Crippen molar-refractivity contribution in [1.82, 2.24) is 14.3 Å². The molecule has 1 aliphatic carbocycles. The molecule has 0 radical (unpaired) electrons. The molecule has 3 aliphatic rings. The minimum Gasteiger partial charge on any atom is -0.598 e. The van der Waals surface area contributed by atoms with Crippen LogP contribution in [0.5, 0.6) is 0 Å². The molecule has 2 unspecified atom stereocenters. The second-order valence-corrected chi connectivity index (χ2v) is 15.2. The van der Waals surface area contributed by atoms with E-state index in [1.165, 1.54) is 0 Å². The zero-order valence-electron chi connectivity index (χ0n) is 20.7. The molecule has 1 amide bonds. The normalized spacial score (nSPS) is 26.2. The molecule has 1 saturated carbocycles. The zero-order valence-corrected chi connectivity index (χ0v) is 22.4. The quantitative estimate of drug-likeness (QED) is 0.364. The standard InChI is InChI=1S/C24H34F3N3O4S2/c1-24(2,3)35(32)29-22(11-14-10-20(26)21(27)12-19(14)25)15-8-16-4-5-17(9-15)30(16)23(31)13-28-36(33,34)18-6-7-18/h10,12,15-18,22,28-29H,4-9,11,13H2,1-3H3/t15?,16?,17?,22-,35-/m0/s1. The molecular weight excluding hydrogens is 515 g/mol. The smallest absolute Gasteiger partial charge is 0.238 e. The van der Waals surface area contributed by atoms with E-state index < -0.39 is 54.9 Å². The minimum absolute atomic E-state index is 0.00218. The van der Waals surface area contributed by atoms with Gasteiger partial charge in [0.15, 0.2) is 11.6 Å². The Morgan fingerprint density at radius 2 is 1.67 bits per heavy atom. The molecule has 3 fully saturated rings. The summed E-state index contributed by atoms with van der Waals surface area (Å²) in [4.78, 5) is 14.7. The van der Waals surface area contributed by atoms with E-state index in [1.54, 1.807) is 25.7 Å². The molecule has 36 heavy (non-hydrogen) atoms. The Kier molecular flexibility index (Phi) is 8.03. The van der Waals surface area contributed by atoms with Crippen molar-refractivity contribution in [3.63, 3.8) is 0 Å². The molecule has 1 aromatic carbocycles. The van der Waals surface area contributed by atoms with Crippen LogP contribution in [0.1, 0.15) is 64.9 Å². The first-order valence-electron chi connectivity index (χ1n) is 12.4. The Hall–Kier alpha value is -1.34. The average Bonchev–Trinajstić information content (AvgIpc) is 3.61. The SMILES string of the molecule is CC(C)(C)[S@+]([O-])N[C@@H](Cc1cc(F)c(F)cc1F)C1CC2CCC(C1)N2C(=O)CNS(=O)(=O)C1CC1. The molecule has 7 nitrogen and oxygen atoms in total. The second kappa shape index (κ2) is 10.4. The number of halogens is 3. The van der Waals surface area contributed by atoms with Crippen molar-refractivity contribution < 1.29 is 30.9 Å². The van der Waals surface area contributed by atoms with Crippen LogP contribution >= 0.6 is 0 Å². The van der Waals surface area contributed by atoms with Crippen molar-refractivity contribution in [3.05, 3.63) is 35.1 Å². The van der Waals surface area contributed by atoms with E-state index in [9.17, 15) is 30.9 Å². The number of sulfonamides is 1. The van der Waals surface area contributed by atoms with E-state index in [0.717, 1.165) is 18.9 Å². The summed E-state index contributed by atoms with van der Waals surface area (Å²) in [6.45, 7) is 5.14. The number of hydrogen-bond donors (Lipinski definition) is 2. The summed E-state index contributed by atoms with van der Waals surface area (Å²) in [5, 5.41) is -0.403. The molecule has 4 atom stereocenters. The predicted molar refractivity (Wildman–Crippen MR) is 131 cm³/mol. The van der Waals surface area contributed by atoms with Gasteiger partial charge in [-0.15, -0.1) is 4.72 Å². The summed E-state index contributed by atoms with van der Waals surface area (Å²) in [6, 6.07) is 0.648. The van der Waals surface area contributed by atoms with Crippen LogP contribution < -0.4 is 9.44 Å². The van der Waals surface area contributed by atoms with Crippen molar-refractivity contribution in [2.75, 3.05) is 6.54 Å². The zero-order chi connectivity index (χ0) is 26.4. The summed E-state index contributed by atoms with van der Waals surface area (Å²) in [5.41, 5.74) is -0.00218. The lowest BCUT2D eigenvalue weighted by atomic mass is 9.82. The van der Waals surface area contributed by atoms with Crippen molar-refractivity contribution in [2.45, 2.75) is 93.8 Å². The highest BCUT2D eigenvalue weighted by Crippen LogP contribution is 2.41. The lowest BCUT2D eigenvalue weighted by Gasteiger charge is -2.42. The maximum Gasteiger partial charge on any atom is 0.238 e. The predicted octanol–water partition coefficient (Wildman–Crippen LogP) is 2.92. The van der Waals surface area contributed by atoms with Gasteiger partial charge in [-0.2, -0.15) is 0 Å². The lowest BCUT2D eigenvalue weighted by molar-refractivity contribution is -0.135. The molecule has 202 valence electrons. The van der Waals surface area contributed by atoms with Gasteiger partial charge in [-0.1, -0.05) is 0 Å². The Balaban J connectivity index is 1.48. The van der Waals surface area contributed by atoms with Crippen molar-refractivity contribution >= 4 is 27.3 Å². The van der Waals surface area contributed by atoms with E-state index >= 15 is 0 Å². The van der Waals surface area contributed by atoms with Crippen LogP contribution in [0.3, 0.4) is 0 Å². The van der Waals surface area contributed by atoms with Gasteiger partial charge >= 0.3 is 0 Å². The highest BCUT2D eigenvalue weighted by atomic mass is 32.2. The van der Waals surface area contributed by atoms with E-state index in [1.807, 2.05) is 0 Å². The number of piperidine rings is 1. The Bertz CT molecular complexity index is 1080. The minimum atomic E-state index is -3.47. The summed E-state index contributed by atoms with van der Waals surface area (Å²) < 4.78 is 84.0. The van der Waals surface area contributed by atoms with Crippen LogP contribution in [-0.4, -0.2) is 58.4 Å². The molecule has 2 bridgehead atoms. The van der Waals surface area contributed by atoms with E-state index in [2.05, 4.69) is 9.44 Å². The maximum absolute atomic E-state index is 14.5. The molecule has 2 N–H and O–H groups in total. The number of hydrogen-bond acceptors (Lipinski definition) is 5. The van der Waals surface area contributed by atoms with Gasteiger partial charge < -0.3 is 9.45 Å². The number of nitrogens with zero attached hydrogens (tertiary/aromatic N) is 1. The van der Waals surface area contributed by atoms with Gasteiger partial charge in [0, 0.05) is 29.5 Å². The fourth-order valence-electron chi connectivity index (χ4n) is 5.28. The number of rotatable bonds is 9. The molecule has 2 aliphatic heterocycles. The van der Waals surface area contributed by atoms with E-state index in [-0.39, 0.29) is 42.4 Å². The molecule has 4 rings (SSSR count). The number of fused-ring (bicyclic) bond motifs is 2. The van der Waals surface area contributed by atoms with Crippen LogP contribution in [0, 0.1) is 23.4 Å². The largest absolute Gasteiger partial charge is 0.598 e. The topological polar surface area (TPSA) is 102 Å². The van der Waals surface area contributed by atoms with Crippen LogP contribution in [0.15, 0.2) is 12.1 Å². The Morgan fingerprint density at radius 3 is 2.22 bits per heavy atom. The number of amides is 1. The van der Waals surface area contributed by atoms with Crippen molar-refractivity contribution in [1.29, 1.82) is 0 Å². The van der Waals surface area contributed by atoms with Gasteiger partial charge in [-0.25, -0.2) is 26.3 Å². The third kappa shape index (κ3) is 6.20. The number of carbonyl (C=O) groups excluding carboxylic acids is 1. The molecule has 2 saturated heterocycles. The van der Waals surface area contributed by atoms with Gasteiger partial charge in [0.05, 0.1) is 17.8 Å². The Labute approximate surface area is 213 Å². The third-order valence-electron chi connectivity index (χ3n) is 7.36. The molecule has 0 spiro atoms. The highest BCUT2D eigenvalue weighted by Gasteiger charge is 2.47. The average molecular weight is 550 g/mol. The molecule has 2 heterocycles. The summed E-state index contributed by atoms with van der Waals surface area (Å²) in [7, 11) is -3.47. The summed E-state index contributed by atoms with van der Waals surface area (Å²) in [5.74, 6) is -3.62. The fourth-order valence-corrected chi connectivity index (χ4v) is 7.50. The molecular formula is C24H34F3N3O4S2. The van der Waals surface area contributed by atoms with Crippen LogP contribution in [-0.2, 0) is 32.6 Å². The first-order valence-corrected chi connectivity index (χ1v) is 15.1. The van der Waals surface area contributed by atoms with Crippen molar-refractivity contribution in [3.8, 4) is 0 Å². The van der Waals surface area contributed by atoms with Crippen molar-refractivity contribution in [2.24, 2.45) is 5.92 Å². The summed E-state index contributed by atoms with van der Waals surface area (Å²) >= 11 is -1.49. The number of nitrogens with one attached hydrogen (secondary N) is 2.